The molecule has 5 aromatic rings. The number of aryl methyl sites for hydroxylation is 2. The minimum absolute atomic E-state index is 0.0829. The van der Waals surface area contributed by atoms with Crippen molar-refractivity contribution in [3.05, 3.63) is 87.8 Å². The van der Waals surface area contributed by atoms with Crippen molar-refractivity contribution in [2.75, 3.05) is 13.1 Å². The number of carbonyl (C=O) groups is 2. The average molecular weight is 545 g/mol. The second-order valence-electron chi connectivity index (χ2n) is 10.1. The third-order valence-corrected chi connectivity index (χ3v) is 7.85. The van der Waals surface area contributed by atoms with Gasteiger partial charge in [-0.1, -0.05) is 28.9 Å². The topological polar surface area (TPSA) is 94.4 Å². The summed E-state index contributed by atoms with van der Waals surface area (Å²) in [6.45, 7) is 5.90. The van der Waals surface area contributed by atoms with Crippen molar-refractivity contribution in [2.24, 2.45) is 5.73 Å². The molecule has 1 atom stereocenters. The van der Waals surface area contributed by atoms with E-state index in [2.05, 4.69) is 16.6 Å². The van der Waals surface area contributed by atoms with E-state index < -0.39 is 12.1 Å². The zero-order valence-electron chi connectivity index (χ0n) is 21.7. The van der Waals surface area contributed by atoms with E-state index in [9.17, 15) is 14.0 Å². The van der Waals surface area contributed by atoms with Crippen molar-refractivity contribution in [1.29, 1.82) is 0 Å². The Hall–Kier alpha value is -4.17. The number of alkyl halides is 1. The van der Waals surface area contributed by atoms with Gasteiger partial charge in [-0.15, -0.1) is 0 Å². The fourth-order valence-corrected chi connectivity index (χ4v) is 5.75. The molecule has 198 valence electrons. The number of primary amides is 1. The van der Waals surface area contributed by atoms with Crippen molar-refractivity contribution >= 4 is 45.2 Å². The van der Waals surface area contributed by atoms with Gasteiger partial charge in [-0.05, 0) is 74.4 Å². The summed E-state index contributed by atoms with van der Waals surface area (Å²) in [5.41, 5.74) is 11.6. The molecule has 1 aliphatic rings. The number of aromatic nitrogens is 2. The Labute approximate surface area is 228 Å². The maximum absolute atomic E-state index is 13.5. The van der Waals surface area contributed by atoms with Gasteiger partial charge >= 0.3 is 0 Å². The number of benzene rings is 3. The third-order valence-electron chi connectivity index (χ3n) is 7.60. The highest BCUT2D eigenvalue weighted by Crippen LogP contribution is 2.40. The number of hydrogen-bond donors (Lipinski definition) is 1. The number of hydrogen-bond acceptors (Lipinski definition) is 4. The number of carbonyl (C=O) groups excluding carboxylic acids is 2. The molecule has 0 bridgehead atoms. The molecule has 6 rings (SSSR count). The quantitative estimate of drug-likeness (QED) is 0.284. The molecule has 3 aromatic carbocycles. The second-order valence-corrected chi connectivity index (χ2v) is 10.6. The number of fused-ring (bicyclic) bond motifs is 3. The molecule has 0 aliphatic carbocycles. The van der Waals surface area contributed by atoms with Crippen LogP contribution in [-0.2, 0) is 0 Å². The molecule has 39 heavy (non-hydrogen) atoms. The molecule has 1 saturated heterocycles. The fraction of sp³-hybridized carbons (Fsp3) is 0.233. The first kappa shape index (κ1) is 25.1. The van der Waals surface area contributed by atoms with Crippen molar-refractivity contribution in [2.45, 2.75) is 33.0 Å². The van der Waals surface area contributed by atoms with E-state index in [0.29, 0.717) is 38.4 Å². The van der Waals surface area contributed by atoms with E-state index >= 15 is 0 Å². The summed E-state index contributed by atoms with van der Waals surface area (Å²) in [4.78, 5) is 27.5. The van der Waals surface area contributed by atoms with Crippen LogP contribution >= 0.6 is 11.6 Å². The number of nitrogens with two attached hydrogens (primary N) is 1. The Morgan fingerprint density at radius 1 is 1.08 bits per heavy atom. The smallest absolute Gasteiger partial charge is 0.254 e. The molecule has 0 radical (unpaired) electrons. The zero-order chi connectivity index (χ0) is 27.6. The Morgan fingerprint density at radius 2 is 1.79 bits per heavy atom. The zero-order valence-corrected chi connectivity index (χ0v) is 22.4. The van der Waals surface area contributed by atoms with E-state index in [-0.39, 0.29) is 25.0 Å². The standard InChI is InChI=1S/C30H26ClFN4O3/c1-15-27(17(3)39-34-15)20-11-24(29(33)37)28-23-10-19(30(38)35-13-22(32)14-35)6-9-25(23)36(26(28)12-20)16(2)18-4-7-21(31)8-5-18/h4-12,16,22H,13-14H2,1-3H3,(H2,33,37). The molecular weight excluding hydrogens is 519 g/mol. The van der Waals surface area contributed by atoms with Crippen LogP contribution in [0.3, 0.4) is 0 Å². The van der Waals surface area contributed by atoms with Gasteiger partial charge in [0.15, 0.2) is 0 Å². The Kier molecular flexibility index (Phi) is 5.95. The summed E-state index contributed by atoms with van der Waals surface area (Å²) in [7, 11) is 0. The molecule has 2 amide bonds. The summed E-state index contributed by atoms with van der Waals surface area (Å²) >= 11 is 6.16. The highest BCUT2D eigenvalue weighted by molar-refractivity contribution is 6.30. The van der Waals surface area contributed by atoms with Gasteiger partial charge in [-0.2, -0.15) is 0 Å². The van der Waals surface area contributed by atoms with Crippen LogP contribution in [0.15, 0.2) is 59.1 Å². The monoisotopic (exact) mass is 544 g/mol. The molecule has 1 aliphatic heterocycles. The predicted octanol–water partition coefficient (Wildman–Crippen LogP) is 6.22. The number of nitrogens with zero attached hydrogens (tertiary/aromatic N) is 3. The van der Waals surface area contributed by atoms with Gasteiger partial charge in [0.05, 0.1) is 30.3 Å². The summed E-state index contributed by atoms with van der Waals surface area (Å²) < 4.78 is 21.0. The molecule has 7 nitrogen and oxygen atoms in total. The normalized spacial score (nSPS) is 14.6. The van der Waals surface area contributed by atoms with Gasteiger partial charge in [-0.3, -0.25) is 9.59 Å². The molecule has 2 N–H and O–H groups in total. The summed E-state index contributed by atoms with van der Waals surface area (Å²) in [5.74, 6) is -0.207. The summed E-state index contributed by atoms with van der Waals surface area (Å²) in [6.07, 6.45) is -0.996. The lowest BCUT2D eigenvalue weighted by Gasteiger charge is -2.34. The number of halogens is 2. The number of likely N-dealkylation sites (tertiary alicyclic amines) is 1. The molecule has 2 aromatic heterocycles. The van der Waals surface area contributed by atoms with Crippen LogP contribution in [0.5, 0.6) is 0 Å². The van der Waals surface area contributed by atoms with Crippen molar-refractivity contribution in [3.8, 4) is 11.1 Å². The van der Waals surface area contributed by atoms with Crippen molar-refractivity contribution in [1.82, 2.24) is 14.6 Å². The van der Waals surface area contributed by atoms with Gasteiger partial charge in [-0.25, -0.2) is 4.39 Å². The van der Waals surface area contributed by atoms with E-state index in [4.69, 9.17) is 21.9 Å². The van der Waals surface area contributed by atoms with Crippen molar-refractivity contribution in [3.63, 3.8) is 0 Å². The highest BCUT2D eigenvalue weighted by atomic mass is 35.5. The molecular formula is C30H26ClFN4O3. The van der Waals surface area contributed by atoms with Crippen LogP contribution in [-0.4, -0.2) is 45.7 Å². The average Bonchev–Trinajstić information content (AvgIpc) is 3.41. The van der Waals surface area contributed by atoms with Gasteiger partial charge in [0.25, 0.3) is 5.91 Å². The van der Waals surface area contributed by atoms with Crippen LogP contribution in [0, 0.1) is 13.8 Å². The lowest BCUT2D eigenvalue weighted by atomic mass is 9.96. The van der Waals surface area contributed by atoms with Crippen LogP contribution in [0.4, 0.5) is 4.39 Å². The molecule has 9 heteroatoms. The largest absolute Gasteiger partial charge is 0.366 e. The van der Waals surface area contributed by atoms with Crippen LogP contribution in [0.25, 0.3) is 32.9 Å². The predicted molar refractivity (Wildman–Crippen MR) is 149 cm³/mol. The summed E-state index contributed by atoms with van der Waals surface area (Å²) in [6, 6.07) is 16.6. The summed E-state index contributed by atoms with van der Waals surface area (Å²) in [5, 5.41) is 6.09. The lowest BCUT2D eigenvalue weighted by Crippen LogP contribution is -2.51. The minimum Gasteiger partial charge on any atom is -0.366 e. The second kappa shape index (κ2) is 9.24. The molecule has 0 spiro atoms. The fourth-order valence-electron chi connectivity index (χ4n) is 5.62. The van der Waals surface area contributed by atoms with Crippen molar-refractivity contribution < 1.29 is 18.5 Å². The van der Waals surface area contributed by atoms with E-state index in [1.165, 1.54) is 4.90 Å². The molecule has 1 fully saturated rings. The van der Waals surface area contributed by atoms with Crippen LogP contribution in [0.1, 0.15) is 50.7 Å². The molecule has 0 saturated carbocycles. The Morgan fingerprint density at radius 3 is 2.41 bits per heavy atom. The van der Waals surface area contributed by atoms with Gasteiger partial charge in [0.1, 0.15) is 11.9 Å². The maximum atomic E-state index is 13.5. The highest BCUT2D eigenvalue weighted by Gasteiger charge is 2.32. The van der Waals surface area contributed by atoms with E-state index in [0.717, 1.165) is 27.7 Å². The number of amides is 2. The first-order valence-electron chi connectivity index (χ1n) is 12.7. The van der Waals surface area contributed by atoms with E-state index in [1.807, 2.05) is 50.2 Å². The third kappa shape index (κ3) is 4.06. The van der Waals surface area contributed by atoms with Gasteiger partial charge in [0, 0.05) is 38.0 Å². The first-order valence-corrected chi connectivity index (χ1v) is 13.1. The van der Waals surface area contributed by atoms with Crippen LogP contribution in [0.2, 0.25) is 5.02 Å². The van der Waals surface area contributed by atoms with Gasteiger partial charge in [0.2, 0.25) is 5.91 Å². The number of rotatable bonds is 5. The van der Waals surface area contributed by atoms with Gasteiger partial charge < -0.3 is 19.7 Å². The molecule has 3 heterocycles. The van der Waals surface area contributed by atoms with E-state index in [1.54, 1.807) is 18.2 Å². The first-order chi connectivity index (χ1) is 18.6. The minimum atomic E-state index is -0.996. The van der Waals surface area contributed by atoms with Crippen LogP contribution < -0.4 is 5.73 Å². The Balaban J connectivity index is 1.66. The molecule has 1 unspecified atom stereocenters. The maximum Gasteiger partial charge on any atom is 0.254 e. The SMILES string of the molecule is Cc1noc(C)c1-c1cc(C(N)=O)c2c3cc(C(=O)N4CC(F)C4)ccc3n(C(C)c3ccc(Cl)cc3)c2c1. The Bertz CT molecular complexity index is 1760. The lowest BCUT2D eigenvalue weighted by molar-refractivity contribution is 0.0400.